The molecule has 0 fully saturated rings. The summed E-state index contributed by atoms with van der Waals surface area (Å²) in [4.78, 5) is 24.6. The minimum absolute atomic E-state index is 0.103. The van der Waals surface area contributed by atoms with E-state index in [4.69, 9.17) is 0 Å². The van der Waals surface area contributed by atoms with Crippen LogP contribution >= 0.6 is 0 Å². The van der Waals surface area contributed by atoms with Crippen LogP contribution in [0.1, 0.15) is 31.8 Å². The van der Waals surface area contributed by atoms with Crippen molar-refractivity contribution >= 4 is 54.2 Å². The Kier molecular flexibility index (Phi) is 7.08. The molecule has 0 aromatic heterocycles. The van der Waals surface area contributed by atoms with Crippen LogP contribution in [0.5, 0.6) is 0 Å². The van der Waals surface area contributed by atoms with Crippen LogP contribution in [0, 0.1) is 13.8 Å². The minimum Gasteiger partial charge on any atom is -0.322 e. The van der Waals surface area contributed by atoms with Crippen LogP contribution in [-0.4, -0.2) is 37.8 Å². The van der Waals surface area contributed by atoms with Crippen LogP contribution in [0.3, 0.4) is 0 Å². The van der Waals surface area contributed by atoms with Gasteiger partial charge < -0.3 is 10.6 Å². The van der Waals surface area contributed by atoms with Gasteiger partial charge in [0.05, 0.1) is 5.69 Å². The van der Waals surface area contributed by atoms with Crippen molar-refractivity contribution in [2.24, 2.45) is 0 Å². The fraction of sp³-hybridized carbons (Fsp3) is 0.0769. The van der Waals surface area contributed by atoms with Crippen molar-refractivity contribution < 1.29 is 35.5 Å². The van der Waals surface area contributed by atoms with Gasteiger partial charge in [-0.25, -0.2) is 0 Å². The molecule has 4 rings (SSSR count). The lowest BCUT2D eigenvalue weighted by atomic mass is 10.1. The van der Waals surface area contributed by atoms with Crippen LogP contribution in [0.2, 0.25) is 0 Å². The van der Waals surface area contributed by atoms with Crippen LogP contribution in [0.25, 0.3) is 10.8 Å². The number of hydrogen-bond donors (Lipinski definition) is 4. The van der Waals surface area contributed by atoms with Gasteiger partial charge in [0.25, 0.3) is 32.1 Å². The molecule has 12 heteroatoms. The Hall–Kier alpha value is -4.10. The molecule has 4 aromatic rings. The van der Waals surface area contributed by atoms with Crippen molar-refractivity contribution in [2.75, 3.05) is 10.6 Å². The zero-order valence-corrected chi connectivity index (χ0v) is 21.7. The van der Waals surface area contributed by atoms with Crippen LogP contribution in [0.4, 0.5) is 11.4 Å². The van der Waals surface area contributed by atoms with Gasteiger partial charge in [-0.1, -0.05) is 35.9 Å². The number of amides is 2. The maximum absolute atomic E-state index is 13.2. The van der Waals surface area contributed by atoms with E-state index in [1.165, 1.54) is 24.3 Å². The number of hydrogen-bond acceptors (Lipinski definition) is 6. The average Bonchev–Trinajstić information content (AvgIpc) is 2.83. The molecule has 0 heterocycles. The van der Waals surface area contributed by atoms with E-state index in [1.54, 1.807) is 31.2 Å². The zero-order valence-electron chi connectivity index (χ0n) is 20.1. The number of rotatable bonds is 6. The number of nitrogens with one attached hydrogen (secondary N) is 2. The van der Waals surface area contributed by atoms with Gasteiger partial charge in [-0.15, -0.1) is 0 Å². The summed E-state index contributed by atoms with van der Waals surface area (Å²) in [5.74, 6) is -1.08. The smallest absolute Gasteiger partial charge is 0.295 e. The zero-order chi connectivity index (χ0) is 27.8. The third-order valence-electron chi connectivity index (χ3n) is 5.79. The van der Waals surface area contributed by atoms with Gasteiger partial charge in [0.2, 0.25) is 0 Å². The highest BCUT2D eigenvalue weighted by Crippen LogP contribution is 2.35. The first-order valence-corrected chi connectivity index (χ1v) is 13.9. The predicted octanol–water partition coefficient (Wildman–Crippen LogP) is 4.45. The third-order valence-corrected chi connectivity index (χ3v) is 7.60. The number of fused-ring (bicyclic) bond motifs is 1. The first kappa shape index (κ1) is 26.9. The topological polar surface area (TPSA) is 167 Å². The Bertz CT molecular complexity index is 1830. The van der Waals surface area contributed by atoms with Crippen molar-refractivity contribution in [2.45, 2.75) is 23.6 Å². The maximum Gasteiger partial charge on any atom is 0.295 e. The third kappa shape index (κ3) is 5.58. The molecule has 0 saturated heterocycles. The lowest BCUT2D eigenvalue weighted by Gasteiger charge is -2.15. The molecule has 2 amide bonds. The normalized spacial score (nSPS) is 11.8. The highest BCUT2D eigenvalue weighted by Gasteiger charge is 2.23. The second kappa shape index (κ2) is 9.99. The second-order valence-corrected chi connectivity index (χ2v) is 11.3. The first-order valence-electron chi connectivity index (χ1n) is 11.1. The van der Waals surface area contributed by atoms with E-state index in [0.717, 1.165) is 23.8 Å². The summed E-state index contributed by atoms with van der Waals surface area (Å²) in [5.41, 5.74) is 2.36. The monoisotopic (exact) mass is 554 g/mol. The molecular weight excluding hydrogens is 532 g/mol. The summed E-state index contributed by atoms with van der Waals surface area (Å²) in [6, 6.07) is 17.1. The van der Waals surface area contributed by atoms with Crippen molar-refractivity contribution in [1.29, 1.82) is 0 Å². The fourth-order valence-electron chi connectivity index (χ4n) is 3.96. The number of anilines is 2. The lowest BCUT2D eigenvalue weighted by molar-refractivity contribution is 0.101. The van der Waals surface area contributed by atoms with Crippen molar-refractivity contribution in [3.05, 3.63) is 95.1 Å². The number of carbonyl (C=O) groups is 2. The fourth-order valence-corrected chi connectivity index (χ4v) is 5.38. The quantitative estimate of drug-likeness (QED) is 0.254. The molecule has 10 nitrogen and oxygen atoms in total. The van der Waals surface area contributed by atoms with Crippen molar-refractivity contribution in [1.82, 2.24) is 0 Å². The largest absolute Gasteiger partial charge is 0.322 e. The SMILES string of the molecule is Cc1cccc(C(=O)Nc2cc(C(=O)Nc3ccc(S(=O)(=O)O)c4cccc(S(=O)(=O)O)c34)ccc2C)c1. The number of aryl methyl sites for hydroxylation is 2. The Morgan fingerprint density at radius 2 is 1.26 bits per heavy atom. The van der Waals surface area contributed by atoms with Gasteiger partial charge >= 0.3 is 0 Å². The Morgan fingerprint density at radius 1 is 0.658 bits per heavy atom. The lowest BCUT2D eigenvalue weighted by Crippen LogP contribution is -2.16. The van der Waals surface area contributed by atoms with Gasteiger partial charge in [0, 0.05) is 27.6 Å². The molecule has 0 aliphatic carbocycles. The van der Waals surface area contributed by atoms with E-state index >= 15 is 0 Å². The van der Waals surface area contributed by atoms with Crippen LogP contribution < -0.4 is 10.6 Å². The second-order valence-electron chi connectivity index (χ2n) is 8.55. The predicted molar refractivity (Wildman–Crippen MR) is 142 cm³/mol. The summed E-state index contributed by atoms with van der Waals surface area (Å²) >= 11 is 0. The van der Waals surface area contributed by atoms with E-state index in [0.29, 0.717) is 16.8 Å². The average molecular weight is 555 g/mol. The highest BCUT2D eigenvalue weighted by molar-refractivity contribution is 7.86. The van der Waals surface area contributed by atoms with E-state index in [-0.39, 0.29) is 27.9 Å². The maximum atomic E-state index is 13.2. The summed E-state index contributed by atoms with van der Waals surface area (Å²) in [5, 5.41) is 4.76. The molecular formula is C26H22N2O8S2. The minimum atomic E-state index is -4.85. The summed E-state index contributed by atoms with van der Waals surface area (Å²) in [7, 11) is -9.61. The molecule has 196 valence electrons. The van der Waals surface area contributed by atoms with Crippen molar-refractivity contribution in [3.8, 4) is 0 Å². The van der Waals surface area contributed by atoms with Gasteiger partial charge in [-0.3, -0.25) is 18.7 Å². The summed E-state index contributed by atoms with van der Waals surface area (Å²) < 4.78 is 67.1. The number of carbonyl (C=O) groups excluding carboxylic acids is 2. The molecule has 0 spiro atoms. The van der Waals surface area contributed by atoms with Crippen LogP contribution in [-0.2, 0) is 20.2 Å². The van der Waals surface area contributed by atoms with E-state index in [2.05, 4.69) is 10.6 Å². The molecule has 0 radical (unpaired) electrons. The Morgan fingerprint density at radius 3 is 1.89 bits per heavy atom. The standard InChI is InChI=1S/C26H22N2O8S2/c1-15-5-3-6-17(13-15)25(29)28-21-14-18(10-9-16(21)2)26(30)27-20-11-12-22(37(31,32)33)19-7-4-8-23(24(19)20)38(34,35)36/h3-14H,1-2H3,(H,27,30)(H,28,29)(H,31,32,33)(H,34,35,36). The Labute approximate surface area is 218 Å². The van der Waals surface area contributed by atoms with Gasteiger partial charge in [0.1, 0.15) is 9.79 Å². The Balaban J connectivity index is 1.74. The molecule has 38 heavy (non-hydrogen) atoms. The summed E-state index contributed by atoms with van der Waals surface area (Å²) in [6.45, 7) is 3.60. The first-order chi connectivity index (χ1) is 17.8. The highest BCUT2D eigenvalue weighted by atomic mass is 32.2. The van der Waals surface area contributed by atoms with Crippen molar-refractivity contribution in [3.63, 3.8) is 0 Å². The van der Waals surface area contributed by atoms with Crippen LogP contribution in [0.15, 0.2) is 82.6 Å². The molecule has 4 N–H and O–H groups in total. The van der Waals surface area contributed by atoms with E-state index in [1.807, 2.05) is 13.0 Å². The van der Waals surface area contributed by atoms with E-state index < -0.39 is 35.9 Å². The summed E-state index contributed by atoms with van der Waals surface area (Å²) in [6.07, 6.45) is 0. The van der Waals surface area contributed by atoms with E-state index in [9.17, 15) is 35.5 Å². The molecule has 0 atom stereocenters. The number of benzene rings is 4. The molecule has 4 aromatic carbocycles. The molecule has 0 bridgehead atoms. The molecule has 0 aliphatic rings. The van der Waals surface area contributed by atoms with Gasteiger partial charge in [-0.2, -0.15) is 16.8 Å². The molecule has 0 unspecified atom stereocenters. The van der Waals surface area contributed by atoms with Gasteiger partial charge in [-0.05, 0) is 61.9 Å². The molecule has 0 aliphatic heterocycles. The van der Waals surface area contributed by atoms with Gasteiger partial charge in [0.15, 0.2) is 0 Å². The molecule has 0 saturated carbocycles.